The molecule has 116 valence electrons. The second kappa shape index (κ2) is 6.39. The predicted octanol–water partition coefficient (Wildman–Crippen LogP) is 2.19. The van der Waals surface area contributed by atoms with Crippen molar-refractivity contribution in [3.63, 3.8) is 0 Å². The molecule has 0 spiro atoms. The summed E-state index contributed by atoms with van der Waals surface area (Å²) in [5.41, 5.74) is 1.26. The van der Waals surface area contributed by atoms with Crippen molar-refractivity contribution in [2.24, 2.45) is 0 Å². The zero-order valence-corrected chi connectivity index (χ0v) is 12.3. The first-order chi connectivity index (χ1) is 11.1. The minimum Gasteiger partial charge on any atom is -0.478 e. The molecule has 3 aromatic rings. The average molecular weight is 309 g/mol. The predicted molar refractivity (Wildman–Crippen MR) is 85.6 cm³/mol. The van der Waals surface area contributed by atoms with E-state index in [9.17, 15) is 9.59 Å². The summed E-state index contributed by atoms with van der Waals surface area (Å²) in [6, 6.07) is 10.1. The third-order valence-corrected chi connectivity index (χ3v) is 3.58. The Labute approximate surface area is 131 Å². The minimum atomic E-state index is -1.04. The van der Waals surface area contributed by atoms with Gasteiger partial charge >= 0.3 is 5.97 Å². The molecule has 2 heterocycles. The molecular formula is C17H15N3O3. The number of aromatic amines is 1. The molecule has 2 aromatic heterocycles. The van der Waals surface area contributed by atoms with Crippen LogP contribution in [0.1, 0.15) is 28.3 Å². The number of carboxylic acids is 1. The highest BCUT2D eigenvalue weighted by Crippen LogP contribution is 2.11. The van der Waals surface area contributed by atoms with E-state index >= 15 is 0 Å². The van der Waals surface area contributed by atoms with E-state index in [1.54, 1.807) is 6.20 Å². The van der Waals surface area contributed by atoms with Crippen molar-refractivity contribution in [1.29, 1.82) is 0 Å². The van der Waals surface area contributed by atoms with Crippen molar-refractivity contribution >= 4 is 16.9 Å². The summed E-state index contributed by atoms with van der Waals surface area (Å²) in [4.78, 5) is 34.5. The lowest BCUT2D eigenvalue weighted by Crippen LogP contribution is -2.13. The maximum absolute atomic E-state index is 12.1. The van der Waals surface area contributed by atoms with Crippen LogP contribution in [0.5, 0.6) is 0 Å². The van der Waals surface area contributed by atoms with Gasteiger partial charge in [-0.3, -0.25) is 9.78 Å². The Morgan fingerprint density at radius 3 is 2.78 bits per heavy atom. The van der Waals surface area contributed by atoms with Crippen LogP contribution in [-0.2, 0) is 12.8 Å². The van der Waals surface area contributed by atoms with Crippen LogP contribution >= 0.6 is 0 Å². The lowest BCUT2D eigenvalue weighted by molar-refractivity contribution is 0.0697. The summed E-state index contributed by atoms with van der Waals surface area (Å²) in [6.07, 6.45) is 3.93. The molecule has 0 aliphatic rings. The Morgan fingerprint density at radius 2 is 2.04 bits per heavy atom. The van der Waals surface area contributed by atoms with Gasteiger partial charge in [-0.15, -0.1) is 0 Å². The summed E-state index contributed by atoms with van der Waals surface area (Å²) >= 11 is 0. The first-order valence-corrected chi connectivity index (χ1v) is 7.29. The highest BCUT2D eigenvalue weighted by molar-refractivity contribution is 5.92. The maximum atomic E-state index is 12.1. The number of fused-ring (bicyclic) bond motifs is 1. The molecule has 0 aliphatic heterocycles. The van der Waals surface area contributed by atoms with Crippen LogP contribution in [0.2, 0.25) is 0 Å². The number of nitrogens with zero attached hydrogens (tertiary/aromatic N) is 2. The molecule has 0 amide bonds. The first kappa shape index (κ1) is 14.9. The molecule has 1 aromatic carbocycles. The standard InChI is InChI=1S/C17H15N3O3/c21-16-13-8-7-11(17(22)23)10-14(13)19-15(20-16)6-3-5-12-4-1-2-9-18-12/h1-2,4,7-10H,3,5-6H2,(H,22,23)(H,19,20,21). The molecular weight excluding hydrogens is 294 g/mol. The summed E-state index contributed by atoms with van der Waals surface area (Å²) in [6.45, 7) is 0. The monoisotopic (exact) mass is 309 g/mol. The number of carbonyl (C=O) groups is 1. The maximum Gasteiger partial charge on any atom is 0.335 e. The van der Waals surface area contributed by atoms with Gasteiger partial charge in [0, 0.05) is 18.3 Å². The van der Waals surface area contributed by atoms with E-state index in [-0.39, 0.29) is 11.1 Å². The SMILES string of the molecule is O=C(O)c1ccc2c(=O)[nH]c(CCCc3ccccn3)nc2c1. The number of benzene rings is 1. The largest absolute Gasteiger partial charge is 0.478 e. The number of nitrogens with one attached hydrogen (secondary N) is 1. The van der Waals surface area contributed by atoms with Gasteiger partial charge in [0.25, 0.3) is 5.56 Å². The highest BCUT2D eigenvalue weighted by atomic mass is 16.4. The quantitative estimate of drug-likeness (QED) is 0.753. The first-order valence-electron chi connectivity index (χ1n) is 7.29. The van der Waals surface area contributed by atoms with Gasteiger partial charge in [0.2, 0.25) is 0 Å². The number of H-pyrrole nitrogens is 1. The molecule has 6 nitrogen and oxygen atoms in total. The van der Waals surface area contributed by atoms with Crippen molar-refractivity contribution < 1.29 is 9.90 Å². The van der Waals surface area contributed by atoms with E-state index in [2.05, 4.69) is 15.0 Å². The van der Waals surface area contributed by atoms with Gasteiger partial charge in [-0.2, -0.15) is 0 Å². The van der Waals surface area contributed by atoms with Crippen LogP contribution in [0.25, 0.3) is 10.9 Å². The number of hydrogen-bond donors (Lipinski definition) is 2. The number of pyridine rings is 1. The van der Waals surface area contributed by atoms with Gasteiger partial charge in [-0.05, 0) is 43.2 Å². The molecule has 0 aliphatic carbocycles. The summed E-state index contributed by atoms with van der Waals surface area (Å²) < 4.78 is 0. The number of aromatic nitrogens is 3. The molecule has 3 rings (SSSR count). The number of aromatic carboxylic acids is 1. The smallest absolute Gasteiger partial charge is 0.335 e. The van der Waals surface area contributed by atoms with Gasteiger partial charge < -0.3 is 10.1 Å². The fourth-order valence-electron chi connectivity index (χ4n) is 2.42. The van der Waals surface area contributed by atoms with Gasteiger partial charge in [0.15, 0.2) is 0 Å². The van der Waals surface area contributed by atoms with Crippen LogP contribution in [0.4, 0.5) is 0 Å². The van der Waals surface area contributed by atoms with E-state index < -0.39 is 5.97 Å². The van der Waals surface area contributed by atoms with Crippen LogP contribution in [0.15, 0.2) is 47.4 Å². The van der Waals surface area contributed by atoms with E-state index in [4.69, 9.17) is 5.11 Å². The zero-order chi connectivity index (χ0) is 16.2. The number of hydrogen-bond acceptors (Lipinski definition) is 4. The van der Waals surface area contributed by atoms with Crippen molar-refractivity contribution in [2.45, 2.75) is 19.3 Å². The zero-order valence-electron chi connectivity index (χ0n) is 12.3. The van der Waals surface area contributed by atoms with Crippen molar-refractivity contribution in [3.8, 4) is 0 Å². The lowest BCUT2D eigenvalue weighted by atomic mass is 10.1. The van der Waals surface area contributed by atoms with Crippen molar-refractivity contribution in [2.75, 3.05) is 0 Å². The van der Waals surface area contributed by atoms with Crippen molar-refractivity contribution in [1.82, 2.24) is 15.0 Å². The average Bonchev–Trinajstić information content (AvgIpc) is 2.55. The molecule has 0 saturated carbocycles. The van der Waals surface area contributed by atoms with E-state index in [0.717, 1.165) is 18.5 Å². The lowest BCUT2D eigenvalue weighted by Gasteiger charge is -2.04. The van der Waals surface area contributed by atoms with Gasteiger partial charge in [0.05, 0.1) is 16.5 Å². The van der Waals surface area contributed by atoms with Crippen LogP contribution < -0.4 is 5.56 Å². The molecule has 0 unspecified atom stereocenters. The van der Waals surface area contributed by atoms with Gasteiger partial charge in [-0.25, -0.2) is 9.78 Å². The Bertz CT molecular complexity index is 904. The molecule has 0 bridgehead atoms. The number of rotatable bonds is 5. The summed E-state index contributed by atoms with van der Waals surface area (Å²) in [5.74, 6) is -0.480. The molecule has 23 heavy (non-hydrogen) atoms. The number of carboxylic acid groups (broad SMARTS) is 1. The van der Waals surface area contributed by atoms with E-state index in [1.165, 1.54) is 18.2 Å². The highest BCUT2D eigenvalue weighted by Gasteiger charge is 2.08. The second-order valence-electron chi connectivity index (χ2n) is 5.22. The van der Waals surface area contributed by atoms with Crippen LogP contribution in [0, 0.1) is 0 Å². The second-order valence-corrected chi connectivity index (χ2v) is 5.22. The Morgan fingerprint density at radius 1 is 1.17 bits per heavy atom. The Hall–Kier alpha value is -3.02. The molecule has 0 fully saturated rings. The van der Waals surface area contributed by atoms with E-state index in [0.29, 0.717) is 23.1 Å². The van der Waals surface area contributed by atoms with Crippen molar-refractivity contribution in [3.05, 3.63) is 70.0 Å². The minimum absolute atomic E-state index is 0.120. The third kappa shape index (κ3) is 3.42. The molecule has 0 saturated heterocycles. The Kier molecular flexibility index (Phi) is 4.14. The fraction of sp³-hybridized carbons (Fsp3) is 0.176. The fourth-order valence-corrected chi connectivity index (χ4v) is 2.42. The summed E-state index contributed by atoms with van der Waals surface area (Å²) in [7, 11) is 0. The molecule has 0 radical (unpaired) electrons. The number of aryl methyl sites for hydroxylation is 2. The van der Waals surface area contributed by atoms with E-state index in [1.807, 2.05) is 18.2 Å². The normalized spacial score (nSPS) is 10.8. The molecule has 6 heteroatoms. The van der Waals surface area contributed by atoms with Crippen LogP contribution in [0.3, 0.4) is 0 Å². The van der Waals surface area contributed by atoms with Gasteiger partial charge in [-0.1, -0.05) is 6.07 Å². The molecule has 0 atom stereocenters. The Balaban J connectivity index is 1.81. The summed E-state index contributed by atoms with van der Waals surface area (Å²) in [5, 5.41) is 9.42. The molecule has 2 N–H and O–H groups in total. The van der Waals surface area contributed by atoms with Gasteiger partial charge in [0.1, 0.15) is 5.82 Å². The third-order valence-electron chi connectivity index (χ3n) is 3.58. The van der Waals surface area contributed by atoms with Crippen LogP contribution in [-0.4, -0.2) is 26.0 Å². The topological polar surface area (TPSA) is 95.9 Å².